The monoisotopic (exact) mass is 218 g/mol. The molecule has 2 heteroatoms. The Morgan fingerprint density at radius 2 is 2.19 bits per heavy atom. The number of anilines is 1. The van der Waals surface area contributed by atoms with Crippen LogP contribution in [0.3, 0.4) is 0 Å². The second kappa shape index (κ2) is 4.46. The maximum Gasteiger partial charge on any atom is 0.0458 e. The number of hydrogen-bond acceptors (Lipinski definition) is 2. The van der Waals surface area contributed by atoms with E-state index in [1.165, 1.54) is 23.2 Å². The van der Waals surface area contributed by atoms with Crippen LogP contribution in [0.2, 0.25) is 0 Å². The van der Waals surface area contributed by atoms with Crippen LogP contribution in [0, 0.1) is 6.92 Å². The van der Waals surface area contributed by atoms with Crippen LogP contribution in [0.1, 0.15) is 25.0 Å². The SMILES string of the molecule is CNCC1Cc2c(C)cccc2N1C(C)C. The Balaban J connectivity index is 2.37. The summed E-state index contributed by atoms with van der Waals surface area (Å²) in [5, 5.41) is 3.31. The number of nitrogens with zero attached hydrogens (tertiary/aromatic N) is 1. The van der Waals surface area contributed by atoms with Crippen LogP contribution >= 0.6 is 0 Å². The number of aryl methyl sites for hydroxylation is 1. The Hall–Kier alpha value is -1.02. The van der Waals surface area contributed by atoms with Gasteiger partial charge in [0.25, 0.3) is 0 Å². The van der Waals surface area contributed by atoms with E-state index in [-0.39, 0.29) is 0 Å². The number of nitrogens with one attached hydrogen (secondary N) is 1. The molecule has 0 aliphatic carbocycles. The van der Waals surface area contributed by atoms with Gasteiger partial charge in [0.2, 0.25) is 0 Å². The predicted octanol–water partition coefficient (Wildman–Crippen LogP) is 2.35. The molecule has 16 heavy (non-hydrogen) atoms. The van der Waals surface area contributed by atoms with Crippen molar-refractivity contribution in [3.8, 4) is 0 Å². The summed E-state index contributed by atoms with van der Waals surface area (Å²) in [5.41, 5.74) is 4.41. The van der Waals surface area contributed by atoms with E-state index in [0.717, 1.165) is 6.54 Å². The fourth-order valence-corrected chi connectivity index (χ4v) is 2.83. The minimum absolute atomic E-state index is 0.571. The Morgan fingerprint density at radius 1 is 1.44 bits per heavy atom. The van der Waals surface area contributed by atoms with Crippen LogP contribution in [0.15, 0.2) is 18.2 Å². The summed E-state index contributed by atoms with van der Waals surface area (Å²) in [5.74, 6) is 0. The van der Waals surface area contributed by atoms with E-state index < -0.39 is 0 Å². The first-order valence-electron chi connectivity index (χ1n) is 6.16. The van der Waals surface area contributed by atoms with Crippen LogP contribution in [-0.2, 0) is 6.42 Å². The lowest BCUT2D eigenvalue weighted by Gasteiger charge is -2.31. The van der Waals surface area contributed by atoms with Crippen molar-refractivity contribution in [3.63, 3.8) is 0 Å². The molecule has 1 unspecified atom stereocenters. The highest BCUT2D eigenvalue weighted by molar-refractivity contribution is 5.62. The summed E-state index contributed by atoms with van der Waals surface area (Å²) >= 11 is 0. The Morgan fingerprint density at radius 3 is 2.81 bits per heavy atom. The number of fused-ring (bicyclic) bond motifs is 1. The van der Waals surface area contributed by atoms with E-state index in [0.29, 0.717) is 12.1 Å². The average molecular weight is 218 g/mol. The van der Waals surface area contributed by atoms with Gasteiger partial charge in [0.05, 0.1) is 0 Å². The average Bonchev–Trinajstić information content (AvgIpc) is 2.58. The van der Waals surface area contributed by atoms with Gasteiger partial charge in [-0.3, -0.25) is 0 Å². The van der Waals surface area contributed by atoms with Crippen molar-refractivity contribution in [1.29, 1.82) is 0 Å². The molecule has 1 aliphatic rings. The Bertz CT molecular complexity index is 371. The molecule has 0 radical (unpaired) electrons. The largest absolute Gasteiger partial charge is 0.364 e. The molecule has 1 heterocycles. The quantitative estimate of drug-likeness (QED) is 0.838. The summed E-state index contributed by atoms with van der Waals surface area (Å²) in [6.07, 6.45) is 1.18. The molecule has 88 valence electrons. The van der Waals surface area contributed by atoms with Gasteiger partial charge in [-0.15, -0.1) is 0 Å². The van der Waals surface area contributed by atoms with Gasteiger partial charge in [-0.2, -0.15) is 0 Å². The number of benzene rings is 1. The van der Waals surface area contributed by atoms with E-state index >= 15 is 0 Å². The van der Waals surface area contributed by atoms with Crippen molar-refractivity contribution in [2.75, 3.05) is 18.5 Å². The standard InChI is InChI=1S/C14H22N2/c1-10(2)16-12(9-15-4)8-13-11(3)6-5-7-14(13)16/h5-7,10,12,15H,8-9H2,1-4H3. The molecule has 0 fully saturated rings. The van der Waals surface area contributed by atoms with Crippen LogP contribution < -0.4 is 10.2 Å². The minimum atomic E-state index is 0.571. The van der Waals surface area contributed by atoms with Crippen LogP contribution in [0.4, 0.5) is 5.69 Å². The third-order valence-corrected chi connectivity index (χ3v) is 3.49. The van der Waals surface area contributed by atoms with Crippen LogP contribution in [0.25, 0.3) is 0 Å². The van der Waals surface area contributed by atoms with Gasteiger partial charge in [0, 0.05) is 24.3 Å². The van der Waals surface area contributed by atoms with Crippen molar-refractivity contribution in [2.45, 2.75) is 39.3 Å². The lowest BCUT2D eigenvalue weighted by molar-refractivity contribution is 0.543. The maximum atomic E-state index is 3.31. The summed E-state index contributed by atoms with van der Waals surface area (Å²) in [7, 11) is 2.04. The predicted molar refractivity (Wildman–Crippen MR) is 70.2 cm³/mol. The second-order valence-electron chi connectivity index (χ2n) is 4.99. The first-order valence-corrected chi connectivity index (χ1v) is 6.16. The van der Waals surface area contributed by atoms with E-state index in [4.69, 9.17) is 0 Å². The molecule has 0 bridgehead atoms. The molecule has 0 saturated heterocycles. The van der Waals surface area contributed by atoms with E-state index in [9.17, 15) is 0 Å². The molecule has 1 N–H and O–H groups in total. The summed E-state index contributed by atoms with van der Waals surface area (Å²) in [4.78, 5) is 2.55. The zero-order chi connectivity index (χ0) is 11.7. The molecule has 0 aromatic heterocycles. The molecule has 1 aliphatic heterocycles. The van der Waals surface area contributed by atoms with E-state index in [1.54, 1.807) is 0 Å². The van der Waals surface area contributed by atoms with Crippen molar-refractivity contribution >= 4 is 5.69 Å². The Kier molecular flexibility index (Phi) is 3.20. The van der Waals surface area contributed by atoms with Crippen molar-refractivity contribution < 1.29 is 0 Å². The van der Waals surface area contributed by atoms with E-state index in [1.807, 2.05) is 7.05 Å². The molecular formula is C14H22N2. The fraction of sp³-hybridized carbons (Fsp3) is 0.571. The first-order chi connectivity index (χ1) is 7.65. The van der Waals surface area contributed by atoms with Gasteiger partial charge in [0.15, 0.2) is 0 Å². The summed E-state index contributed by atoms with van der Waals surface area (Å²) in [6.45, 7) is 7.84. The molecule has 2 nitrogen and oxygen atoms in total. The molecule has 0 amide bonds. The summed E-state index contributed by atoms with van der Waals surface area (Å²) < 4.78 is 0. The first kappa shape index (κ1) is 11.5. The molecule has 1 aromatic carbocycles. The fourth-order valence-electron chi connectivity index (χ4n) is 2.83. The third-order valence-electron chi connectivity index (χ3n) is 3.49. The highest BCUT2D eigenvalue weighted by Crippen LogP contribution is 2.35. The molecule has 1 aromatic rings. The van der Waals surface area contributed by atoms with Crippen molar-refractivity contribution in [2.24, 2.45) is 0 Å². The van der Waals surface area contributed by atoms with Crippen molar-refractivity contribution in [1.82, 2.24) is 5.32 Å². The minimum Gasteiger partial charge on any atom is -0.364 e. The van der Waals surface area contributed by atoms with Gasteiger partial charge in [-0.25, -0.2) is 0 Å². The van der Waals surface area contributed by atoms with Gasteiger partial charge in [-0.05, 0) is 51.4 Å². The van der Waals surface area contributed by atoms with Gasteiger partial charge in [-0.1, -0.05) is 12.1 Å². The number of likely N-dealkylation sites (N-methyl/N-ethyl adjacent to an activating group) is 1. The van der Waals surface area contributed by atoms with Gasteiger partial charge < -0.3 is 10.2 Å². The van der Waals surface area contributed by atoms with Gasteiger partial charge in [0.1, 0.15) is 0 Å². The highest BCUT2D eigenvalue weighted by atomic mass is 15.2. The third kappa shape index (κ3) is 1.82. The van der Waals surface area contributed by atoms with Crippen molar-refractivity contribution in [3.05, 3.63) is 29.3 Å². The second-order valence-corrected chi connectivity index (χ2v) is 4.99. The highest BCUT2D eigenvalue weighted by Gasteiger charge is 2.30. The summed E-state index contributed by atoms with van der Waals surface area (Å²) in [6, 6.07) is 7.84. The lowest BCUT2D eigenvalue weighted by Crippen LogP contribution is -2.43. The molecule has 0 saturated carbocycles. The van der Waals surface area contributed by atoms with Gasteiger partial charge >= 0.3 is 0 Å². The number of hydrogen-bond donors (Lipinski definition) is 1. The topological polar surface area (TPSA) is 15.3 Å². The number of rotatable bonds is 3. The van der Waals surface area contributed by atoms with Crippen LogP contribution in [-0.4, -0.2) is 25.7 Å². The normalized spacial score (nSPS) is 19.3. The molecular weight excluding hydrogens is 196 g/mol. The van der Waals surface area contributed by atoms with Crippen LogP contribution in [0.5, 0.6) is 0 Å². The maximum absolute atomic E-state index is 3.31. The molecule has 1 atom stereocenters. The van der Waals surface area contributed by atoms with E-state index in [2.05, 4.69) is 49.2 Å². The smallest absolute Gasteiger partial charge is 0.0458 e. The zero-order valence-corrected chi connectivity index (χ0v) is 10.7. The molecule has 0 spiro atoms. The molecule has 2 rings (SSSR count). The zero-order valence-electron chi connectivity index (χ0n) is 10.7. The Labute approximate surface area is 98.7 Å². The lowest BCUT2D eigenvalue weighted by atomic mass is 10.0.